The van der Waals surface area contributed by atoms with Gasteiger partial charge in [-0.3, -0.25) is 9.59 Å². The topological polar surface area (TPSA) is 81.7 Å². The standard InChI is InChI=1S/C11H18BrFNO5PS/c1-11(2,10(17)19-12)8-18-5-3-14-9(16)7-21-20(13)6-4-15/h4H,3,5-8H2,1-2H3,(H,14,16). The van der Waals surface area contributed by atoms with Crippen LogP contribution in [0.1, 0.15) is 13.8 Å². The highest BCUT2D eigenvalue weighted by Crippen LogP contribution is 2.50. The van der Waals surface area contributed by atoms with Gasteiger partial charge in [0.1, 0.15) is 13.7 Å². The summed E-state index contributed by atoms with van der Waals surface area (Å²) >= 11 is 3.45. The molecule has 0 aliphatic rings. The number of hydrogen-bond donors (Lipinski definition) is 1. The SMILES string of the molecule is CC(C)(COCCNC(=O)CSP(F)CC=O)C(=O)OBr. The normalized spacial score (nSPS) is 12.6. The van der Waals surface area contributed by atoms with Gasteiger partial charge in [-0.1, -0.05) is 11.4 Å². The molecule has 0 fully saturated rings. The lowest BCUT2D eigenvalue weighted by atomic mass is 9.95. The number of carbonyl (C=O) groups excluding carboxylic acids is 3. The highest BCUT2D eigenvalue weighted by molar-refractivity contribution is 9.06. The molecule has 0 heterocycles. The van der Waals surface area contributed by atoms with Crippen LogP contribution in [-0.2, 0) is 22.9 Å². The van der Waals surface area contributed by atoms with E-state index in [1.54, 1.807) is 13.8 Å². The van der Waals surface area contributed by atoms with Crippen LogP contribution in [0.3, 0.4) is 0 Å². The molecule has 0 bridgehead atoms. The Labute approximate surface area is 137 Å². The van der Waals surface area contributed by atoms with Crippen molar-refractivity contribution in [2.24, 2.45) is 5.41 Å². The summed E-state index contributed by atoms with van der Waals surface area (Å²) in [6.45, 7) is 3.98. The van der Waals surface area contributed by atoms with Gasteiger partial charge in [0.2, 0.25) is 5.91 Å². The van der Waals surface area contributed by atoms with E-state index in [2.05, 4.69) is 25.4 Å². The fraction of sp³-hybridized carbons (Fsp3) is 0.727. The summed E-state index contributed by atoms with van der Waals surface area (Å²) in [5.74, 6) is -0.801. The minimum atomic E-state index is -1.96. The van der Waals surface area contributed by atoms with Gasteiger partial charge in [0.05, 0.1) is 30.5 Å². The third-order valence-corrected chi connectivity index (χ3v) is 5.28. The Morgan fingerprint density at radius 3 is 2.71 bits per heavy atom. The molecule has 10 heteroatoms. The van der Waals surface area contributed by atoms with Crippen molar-refractivity contribution in [3.05, 3.63) is 0 Å². The lowest BCUT2D eigenvalue weighted by Crippen LogP contribution is -2.33. The average Bonchev–Trinajstić information content (AvgIpc) is 2.44. The molecule has 0 saturated heterocycles. The van der Waals surface area contributed by atoms with E-state index in [1.165, 1.54) is 0 Å². The second-order valence-electron chi connectivity index (χ2n) is 4.59. The molecule has 0 aromatic rings. The van der Waals surface area contributed by atoms with Crippen molar-refractivity contribution in [1.82, 2.24) is 5.32 Å². The van der Waals surface area contributed by atoms with Crippen molar-refractivity contribution in [3.63, 3.8) is 0 Å². The van der Waals surface area contributed by atoms with Crippen molar-refractivity contribution in [2.75, 3.05) is 31.7 Å². The third-order valence-electron chi connectivity index (χ3n) is 2.21. The van der Waals surface area contributed by atoms with Gasteiger partial charge in [-0.05, 0) is 13.8 Å². The minimum absolute atomic E-state index is 0.0303. The average molecular weight is 406 g/mol. The number of rotatable bonds is 11. The third kappa shape index (κ3) is 10.2. The molecule has 0 aromatic heterocycles. The van der Waals surface area contributed by atoms with Gasteiger partial charge in [0, 0.05) is 6.54 Å². The summed E-state index contributed by atoms with van der Waals surface area (Å²) in [5, 5.41) is 2.55. The first-order valence-electron chi connectivity index (χ1n) is 6.01. The van der Waals surface area contributed by atoms with Crippen LogP contribution in [0.4, 0.5) is 4.20 Å². The minimum Gasteiger partial charge on any atom is -0.383 e. The molecule has 122 valence electrons. The molecule has 1 amide bonds. The molecule has 0 spiro atoms. The quantitative estimate of drug-likeness (QED) is 0.322. The predicted octanol–water partition coefficient (Wildman–Crippen LogP) is 2.21. The maximum absolute atomic E-state index is 13.0. The molecule has 0 aliphatic carbocycles. The maximum Gasteiger partial charge on any atom is 0.325 e. The van der Waals surface area contributed by atoms with Crippen LogP contribution in [0, 0.1) is 5.41 Å². The maximum atomic E-state index is 13.0. The number of carbonyl (C=O) groups is 3. The number of ether oxygens (including phenoxy) is 1. The van der Waals surface area contributed by atoms with E-state index in [1.807, 2.05) is 0 Å². The molecular formula is C11H18BrFNO5PS. The molecular weight excluding hydrogens is 388 g/mol. The van der Waals surface area contributed by atoms with E-state index in [-0.39, 0.29) is 37.6 Å². The Kier molecular flexibility index (Phi) is 11.2. The van der Waals surface area contributed by atoms with Crippen LogP contribution >= 0.6 is 35.1 Å². The van der Waals surface area contributed by atoms with Gasteiger partial charge in [-0.25, -0.2) is 4.20 Å². The zero-order valence-corrected chi connectivity index (χ0v) is 15.1. The smallest absolute Gasteiger partial charge is 0.325 e. The Balaban J connectivity index is 3.69. The number of hydrogen-bond acceptors (Lipinski definition) is 6. The Bertz CT molecular complexity index is 362. The van der Waals surface area contributed by atoms with Gasteiger partial charge in [0.25, 0.3) is 0 Å². The van der Waals surface area contributed by atoms with Gasteiger partial charge in [-0.15, -0.1) is 0 Å². The molecule has 6 nitrogen and oxygen atoms in total. The fourth-order valence-electron chi connectivity index (χ4n) is 1.04. The second kappa shape index (κ2) is 11.3. The lowest BCUT2D eigenvalue weighted by molar-refractivity contribution is -0.145. The summed E-state index contributed by atoms with van der Waals surface area (Å²) in [5.41, 5.74) is -0.789. The van der Waals surface area contributed by atoms with Crippen molar-refractivity contribution in [3.8, 4) is 0 Å². The molecule has 0 rings (SSSR count). The van der Waals surface area contributed by atoms with Gasteiger partial charge in [0.15, 0.2) is 16.3 Å². The number of amides is 1. The van der Waals surface area contributed by atoms with Gasteiger partial charge in [-0.2, -0.15) is 0 Å². The van der Waals surface area contributed by atoms with E-state index in [9.17, 15) is 18.6 Å². The highest BCUT2D eigenvalue weighted by atomic mass is 79.9. The van der Waals surface area contributed by atoms with Crippen LogP contribution in [0.2, 0.25) is 0 Å². The molecule has 1 unspecified atom stereocenters. The van der Waals surface area contributed by atoms with E-state index in [4.69, 9.17) is 4.74 Å². The molecule has 1 N–H and O–H groups in total. The monoisotopic (exact) mass is 405 g/mol. The number of halogens is 2. The molecule has 0 aliphatic heterocycles. The Morgan fingerprint density at radius 2 is 2.14 bits per heavy atom. The zero-order chi connectivity index (χ0) is 16.3. The summed E-state index contributed by atoms with van der Waals surface area (Å²) in [6, 6.07) is 0. The molecule has 0 saturated carbocycles. The first-order chi connectivity index (χ1) is 9.83. The van der Waals surface area contributed by atoms with Crippen molar-refractivity contribution in [1.29, 1.82) is 0 Å². The summed E-state index contributed by atoms with van der Waals surface area (Å²) in [7, 11) is -1.96. The van der Waals surface area contributed by atoms with Crippen LogP contribution in [-0.4, -0.2) is 49.8 Å². The van der Waals surface area contributed by atoms with E-state index < -0.39 is 18.8 Å². The fourth-order valence-corrected chi connectivity index (χ4v) is 3.34. The van der Waals surface area contributed by atoms with E-state index in [0.717, 1.165) is 11.4 Å². The molecule has 0 aromatic carbocycles. The first-order valence-corrected chi connectivity index (χ1v) is 9.66. The van der Waals surface area contributed by atoms with Crippen LogP contribution in [0.5, 0.6) is 0 Å². The number of aldehydes is 1. The predicted molar refractivity (Wildman–Crippen MR) is 84.0 cm³/mol. The van der Waals surface area contributed by atoms with Crippen LogP contribution in [0.15, 0.2) is 0 Å². The highest BCUT2D eigenvalue weighted by Gasteiger charge is 2.29. The summed E-state index contributed by atoms with van der Waals surface area (Å²) in [6.07, 6.45) is 0.347. The molecule has 1 atom stereocenters. The molecule has 21 heavy (non-hydrogen) atoms. The van der Waals surface area contributed by atoms with Gasteiger partial charge >= 0.3 is 5.97 Å². The van der Waals surface area contributed by atoms with Crippen LogP contribution < -0.4 is 5.32 Å². The van der Waals surface area contributed by atoms with E-state index >= 15 is 0 Å². The summed E-state index contributed by atoms with van der Waals surface area (Å²) in [4.78, 5) is 32.7. The summed E-state index contributed by atoms with van der Waals surface area (Å²) < 4.78 is 22.7. The van der Waals surface area contributed by atoms with Crippen molar-refractivity contribution < 1.29 is 27.1 Å². The van der Waals surface area contributed by atoms with Crippen molar-refractivity contribution in [2.45, 2.75) is 13.8 Å². The van der Waals surface area contributed by atoms with E-state index in [0.29, 0.717) is 6.29 Å². The Hall–Kier alpha value is -0.240. The van der Waals surface area contributed by atoms with Gasteiger partial charge < -0.3 is 18.7 Å². The lowest BCUT2D eigenvalue weighted by Gasteiger charge is -2.20. The zero-order valence-electron chi connectivity index (χ0n) is 11.8. The first kappa shape index (κ1) is 20.8. The number of nitrogens with one attached hydrogen (secondary N) is 1. The largest absolute Gasteiger partial charge is 0.383 e. The molecule has 0 radical (unpaired) electrons. The van der Waals surface area contributed by atoms with Crippen LogP contribution in [0.25, 0.3) is 0 Å². The second-order valence-corrected chi connectivity index (χ2v) is 8.43. The Morgan fingerprint density at radius 1 is 1.48 bits per heavy atom. The van der Waals surface area contributed by atoms with Crippen molar-refractivity contribution >= 4 is 53.2 Å².